The molecule has 1 aromatic carbocycles. The maximum atomic E-state index is 11.6. The van der Waals surface area contributed by atoms with E-state index in [0.717, 1.165) is 12.3 Å². The molecule has 2 aromatic rings. The van der Waals surface area contributed by atoms with Crippen LogP contribution in [0.2, 0.25) is 0 Å². The highest BCUT2D eigenvalue weighted by molar-refractivity contribution is 5.84. The van der Waals surface area contributed by atoms with Crippen molar-refractivity contribution in [3.05, 3.63) is 68.3 Å². The molecular formula is C13H9NO7. The predicted molar refractivity (Wildman–Crippen MR) is 69.4 cm³/mol. The minimum absolute atomic E-state index is 0.00479. The first-order chi connectivity index (χ1) is 9.97. The fourth-order valence-electron chi connectivity index (χ4n) is 1.49. The second kappa shape index (κ2) is 5.87. The van der Waals surface area contributed by atoms with Gasteiger partial charge in [-0.05, 0) is 17.7 Å². The van der Waals surface area contributed by atoms with Gasteiger partial charge in [0.2, 0.25) is 16.9 Å². The van der Waals surface area contributed by atoms with E-state index in [4.69, 9.17) is 14.3 Å². The Morgan fingerprint density at radius 3 is 2.52 bits per heavy atom. The number of nitro groups is 1. The van der Waals surface area contributed by atoms with Gasteiger partial charge in [-0.1, -0.05) is 0 Å². The zero-order chi connectivity index (χ0) is 15.4. The summed E-state index contributed by atoms with van der Waals surface area (Å²) in [7, 11) is 0. The molecule has 1 aromatic heterocycles. The molecule has 0 unspecified atom stereocenters. The summed E-state index contributed by atoms with van der Waals surface area (Å²) in [5.41, 5.74) is -0.0630. The first-order valence-corrected chi connectivity index (χ1v) is 5.69. The molecule has 0 spiro atoms. The maximum Gasteiger partial charge on any atom is 0.371 e. The molecule has 0 saturated carbocycles. The summed E-state index contributed by atoms with van der Waals surface area (Å²) in [6.07, 6.45) is 0.914. The number of rotatable bonds is 5. The molecule has 1 N–H and O–H groups in total. The number of ether oxygens (including phenoxy) is 1. The van der Waals surface area contributed by atoms with Gasteiger partial charge in [-0.2, -0.15) is 0 Å². The van der Waals surface area contributed by atoms with Crippen LogP contribution in [0.5, 0.6) is 5.75 Å². The molecule has 0 aliphatic rings. The van der Waals surface area contributed by atoms with Crippen LogP contribution in [0.15, 0.2) is 45.8 Å². The molecule has 0 radical (unpaired) electrons. The predicted octanol–water partition coefficient (Wildman–Crippen LogP) is 1.83. The van der Waals surface area contributed by atoms with Crippen molar-refractivity contribution in [2.24, 2.45) is 0 Å². The van der Waals surface area contributed by atoms with Gasteiger partial charge in [0.05, 0.1) is 4.92 Å². The SMILES string of the molecule is O=C(O)c1cc(=O)c(OCc2ccc([N+](=O)[O-])cc2)co1. The molecule has 0 fully saturated rings. The van der Waals surface area contributed by atoms with E-state index in [1.807, 2.05) is 0 Å². The van der Waals surface area contributed by atoms with Crippen molar-refractivity contribution in [2.75, 3.05) is 0 Å². The number of hydrogen-bond donors (Lipinski definition) is 1. The van der Waals surface area contributed by atoms with Crippen LogP contribution in [-0.4, -0.2) is 16.0 Å². The Morgan fingerprint density at radius 2 is 2.00 bits per heavy atom. The second-order valence-corrected chi connectivity index (χ2v) is 3.99. The molecular weight excluding hydrogens is 282 g/mol. The van der Waals surface area contributed by atoms with Crippen LogP contribution in [0.4, 0.5) is 5.69 Å². The van der Waals surface area contributed by atoms with Crippen LogP contribution in [0.25, 0.3) is 0 Å². The summed E-state index contributed by atoms with van der Waals surface area (Å²) in [5, 5.41) is 19.1. The Balaban J connectivity index is 2.08. The molecule has 108 valence electrons. The van der Waals surface area contributed by atoms with Crippen LogP contribution in [0, 0.1) is 10.1 Å². The van der Waals surface area contributed by atoms with Crippen LogP contribution in [-0.2, 0) is 6.61 Å². The molecule has 0 aliphatic carbocycles. The van der Waals surface area contributed by atoms with Crippen molar-refractivity contribution in [1.29, 1.82) is 0 Å². The lowest BCUT2D eigenvalue weighted by Gasteiger charge is -2.05. The van der Waals surface area contributed by atoms with Gasteiger partial charge >= 0.3 is 5.97 Å². The number of nitrogens with zero attached hydrogens (tertiary/aromatic N) is 1. The maximum absolute atomic E-state index is 11.6. The van der Waals surface area contributed by atoms with Crippen molar-refractivity contribution in [2.45, 2.75) is 6.61 Å². The van der Waals surface area contributed by atoms with Crippen LogP contribution in [0.1, 0.15) is 16.1 Å². The van der Waals surface area contributed by atoms with E-state index >= 15 is 0 Å². The van der Waals surface area contributed by atoms with E-state index in [1.165, 1.54) is 24.3 Å². The number of carboxylic acid groups (broad SMARTS) is 1. The van der Waals surface area contributed by atoms with Crippen molar-refractivity contribution >= 4 is 11.7 Å². The molecule has 0 atom stereocenters. The third-order valence-electron chi connectivity index (χ3n) is 2.55. The highest BCUT2D eigenvalue weighted by atomic mass is 16.6. The lowest BCUT2D eigenvalue weighted by Crippen LogP contribution is -2.10. The van der Waals surface area contributed by atoms with Crippen LogP contribution in [0.3, 0.4) is 0 Å². The number of carbonyl (C=O) groups is 1. The smallest absolute Gasteiger partial charge is 0.371 e. The average Bonchev–Trinajstić information content (AvgIpc) is 2.46. The van der Waals surface area contributed by atoms with E-state index in [0.29, 0.717) is 5.56 Å². The Morgan fingerprint density at radius 1 is 1.33 bits per heavy atom. The minimum Gasteiger partial charge on any atom is -0.482 e. The third kappa shape index (κ3) is 3.44. The monoisotopic (exact) mass is 291 g/mol. The summed E-state index contributed by atoms with van der Waals surface area (Å²) in [4.78, 5) is 32.1. The zero-order valence-corrected chi connectivity index (χ0v) is 10.5. The molecule has 0 saturated heterocycles. The lowest BCUT2D eigenvalue weighted by atomic mass is 10.2. The number of nitro benzene ring substituents is 1. The topological polar surface area (TPSA) is 120 Å². The first-order valence-electron chi connectivity index (χ1n) is 5.69. The zero-order valence-electron chi connectivity index (χ0n) is 10.5. The Labute approximate surface area is 117 Å². The molecule has 8 heteroatoms. The third-order valence-corrected chi connectivity index (χ3v) is 2.55. The van der Waals surface area contributed by atoms with Crippen molar-refractivity contribution in [1.82, 2.24) is 0 Å². The van der Waals surface area contributed by atoms with Gasteiger partial charge in [-0.3, -0.25) is 14.9 Å². The normalized spacial score (nSPS) is 10.1. The van der Waals surface area contributed by atoms with Crippen LogP contribution < -0.4 is 10.2 Å². The summed E-state index contributed by atoms with van der Waals surface area (Å²) < 4.78 is 9.91. The summed E-state index contributed by atoms with van der Waals surface area (Å²) in [6.45, 7) is -0.00479. The van der Waals surface area contributed by atoms with Crippen LogP contribution >= 0.6 is 0 Å². The molecule has 0 aliphatic heterocycles. The van der Waals surface area contributed by atoms with Gasteiger partial charge in [0.1, 0.15) is 12.9 Å². The van der Waals surface area contributed by atoms with E-state index in [-0.39, 0.29) is 18.0 Å². The van der Waals surface area contributed by atoms with Crippen molar-refractivity contribution in [3.63, 3.8) is 0 Å². The first kappa shape index (κ1) is 14.3. The molecule has 1 heterocycles. The number of non-ortho nitro benzene ring substituents is 1. The Kier molecular flexibility index (Phi) is 3.98. The molecule has 8 nitrogen and oxygen atoms in total. The van der Waals surface area contributed by atoms with Gasteiger partial charge in [0, 0.05) is 18.2 Å². The highest BCUT2D eigenvalue weighted by Gasteiger charge is 2.10. The Hall–Kier alpha value is -3.16. The fourth-order valence-corrected chi connectivity index (χ4v) is 1.49. The standard InChI is InChI=1S/C13H9NO7/c15-10-5-11(13(16)17)21-7-12(10)20-6-8-1-3-9(4-2-8)14(18)19/h1-5,7H,6H2,(H,16,17). The van der Waals surface area contributed by atoms with E-state index in [2.05, 4.69) is 0 Å². The average molecular weight is 291 g/mol. The van der Waals surface area contributed by atoms with Gasteiger partial charge in [-0.25, -0.2) is 4.79 Å². The summed E-state index contributed by atoms with van der Waals surface area (Å²) in [6, 6.07) is 6.42. The largest absolute Gasteiger partial charge is 0.482 e. The minimum atomic E-state index is -1.35. The van der Waals surface area contributed by atoms with E-state index in [1.54, 1.807) is 0 Å². The second-order valence-electron chi connectivity index (χ2n) is 3.99. The molecule has 21 heavy (non-hydrogen) atoms. The molecule has 0 bridgehead atoms. The van der Waals surface area contributed by atoms with Gasteiger partial charge in [0.25, 0.3) is 5.69 Å². The summed E-state index contributed by atoms with van der Waals surface area (Å²) >= 11 is 0. The number of hydrogen-bond acceptors (Lipinski definition) is 6. The number of benzene rings is 1. The Bertz CT molecular complexity index is 733. The van der Waals surface area contributed by atoms with Gasteiger partial charge in [-0.15, -0.1) is 0 Å². The number of aromatic carboxylic acids is 1. The molecule has 2 rings (SSSR count). The lowest BCUT2D eigenvalue weighted by molar-refractivity contribution is -0.384. The highest BCUT2D eigenvalue weighted by Crippen LogP contribution is 2.14. The van der Waals surface area contributed by atoms with E-state index < -0.39 is 22.1 Å². The molecule has 0 amide bonds. The quantitative estimate of drug-likeness (QED) is 0.658. The van der Waals surface area contributed by atoms with Crippen molar-refractivity contribution in [3.8, 4) is 5.75 Å². The fraction of sp³-hybridized carbons (Fsp3) is 0.0769. The van der Waals surface area contributed by atoms with E-state index in [9.17, 15) is 19.7 Å². The van der Waals surface area contributed by atoms with Crippen molar-refractivity contribution < 1.29 is 24.0 Å². The summed E-state index contributed by atoms with van der Waals surface area (Å²) in [5.74, 6) is -1.98. The van der Waals surface area contributed by atoms with Gasteiger partial charge in [0.15, 0.2) is 0 Å². The van der Waals surface area contributed by atoms with Gasteiger partial charge < -0.3 is 14.3 Å². The number of carboxylic acids is 1.